The van der Waals surface area contributed by atoms with Gasteiger partial charge in [-0.15, -0.1) is 0 Å². The molecule has 2 rings (SSSR count). The van der Waals surface area contributed by atoms with Gasteiger partial charge in [0.25, 0.3) is 0 Å². The molecule has 25 heavy (non-hydrogen) atoms. The van der Waals surface area contributed by atoms with Crippen LogP contribution in [0, 0.1) is 12.7 Å². The number of aryl methyl sites for hydroxylation is 1. The lowest BCUT2D eigenvalue weighted by Crippen LogP contribution is -2.30. The predicted molar refractivity (Wildman–Crippen MR) is 92.9 cm³/mol. The Morgan fingerprint density at radius 2 is 1.72 bits per heavy atom. The van der Waals surface area contributed by atoms with Gasteiger partial charge in [0.05, 0.1) is 5.75 Å². The zero-order chi connectivity index (χ0) is 18.4. The summed E-state index contributed by atoms with van der Waals surface area (Å²) in [5, 5.41) is 8.88. The van der Waals surface area contributed by atoms with E-state index in [1.807, 2.05) is 19.1 Å². The fourth-order valence-corrected chi connectivity index (χ4v) is 3.82. The Bertz CT molecular complexity index is 817. The van der Waals surface area contributed by atoms with Crippen LogP contribution in [0.15, 0.2) is 48.5 Å². The highest BCUT2D eigenvalue weighted by Gasteiger charge is 2.21. The molecule has 1 atom stereocenters. The third-order valence-corrected chi connectivity index (χ3v) is 5.08. The number of carbonyl (C=O) groups is 1. The second kappa shape index (κ2) is 8.22. The van der Waals surface area contributed by atoms with Crippen LogP contribution >= 0.6 is 0 Å². The largest absolute Gasteiger partial charge is 0.481 e. The Morgan fingerprint density at radius 3 is 2.28 bits per heavy atom. The van der Waals surface area contributed by atoms with E-state index >= 15 is 0 Å². The average molecular weight is 365 g/mol. The molecule has 0 saturated carbocycles. The SMILES string of the molecule is Cc1ccc(CS(=O)(=O)NC(CCC(=O)O)c2ccc(F)cc2)cc1. The van der Waals surface area contributed by atoms with E-state index in [0.29, 0.717) is 11.1 Å². The summed E-state index contributed by atoms with van der Waals surface area (Å²) in [5.74, 6) is -1.68. The highest BCUT2D eigenvalue weighted by atomic mass is 32.2. The van der Waals surface area contributed by atoms with Gasteiger partial charge in [-0.25, -0.2) is 17.5 Å². The van der Waals surface area contributed by atoms with E-state index in [1.165, 1.54) is 24.3 Å². The highest BCUT2D eigenvalue weighted by Crippen LogP contribution is 2.21. The molecule has 0 saturated heterocycles. The van der Waals surface area contributed by atoms with Crippen molar-refractivity contribution in [3.05, 3.63) is 71.0 Å². The number of carboxylic acid groups (broad SMARTS) is 1. The fourth-order valence-electron chi connectivity index (χ4n) is 2.42. The molecule has 0 aliphatic carbocycles. The predicted octanol–water partition coefficient (Wildman–Crippen LogP) is 3.16. The molecule has 1 unspecified atom stereocenters. The smallest absolute Gasteiger partial charge is 0.303 e. The molecule has 0 heterocycles. The average Bonchev–Trinajstić information content (AvgIpc) is 2.54. The fraction of sp³-hybridized carbons (Fsp3) is 0.278. The lowest BCUT2D eigenvalue weighted by molar-refractivity contribution is -0.137. The number of carboxylic acids is 1. The number of sulfonamides is 1. The van der Waals surface area contributed by atoms with E-state index in [4.69, 9.17) is 5.11 Å². The Labute approximate surface area is 146 Å². The topological polar surface area (TPSA) is 83.5 Å². The lowest BCUT2D eigenvalue weighted by Gasteiger charge is -2.19. The number of hydrogen-bond acceptors (Lipinski definition) is 3. The summed E-state index contributed by atoms with van der Waals surface area (Å²) in [4.78, 5) is 10.8. The van der Waals surface area contributed by atoms with Crippen LogP contribution in [0.1, 0.15) is 35.6 Å². The van der Waals surface area contributed by atoms with Crippen molar-refractivity contribution in [2.75, 3.05) is 0 Å². The van der Waals surface area contributed by atoms with Crippen molar-refractivity contribution in [1.82, 2.24) is 4.72 Å². The van der Waals surface area contributed by atoms with Crippen LogP contribution in [-0.4, -0.2) is 19.5 Å². The van der Waals surface area contributed by atoms with Gasteiger partial charge >= 0.3 is 5.97 Å². The van der Waals surface area contributed by atoms with Crippen LogP contribution in [0.4, 0.5) is 4.39 Å². The maximum absolute atomic E-state index is 13.1. The quantitative estimate of drug-likeness (QED) is 0.753. The molecule has 5 nitrogen and oxygen atoms in total. The molecule has 0 bridgehead atoms. The molecular weight excluding hydrogens is 345 g/mol. The summed E-state index contributed by atoms with van der Waals surface area (Å²) in [5.41, 5.74) is 2.18. The zero-order valence-electron chi connectivity index (χ0n) is 13.8. The molecule has 0 fully saturated rings. The van der Waals surface area contributed by atoms with Gasteiger partial charge in [0.2, 0.25) is 10.0 Å². The number of hydrogen-bond donors (Lipinski definition) is 2. The first kappa shape index (κ1) is 19.1. The molecule has 2 N–H and O–H groups in total. The van der Waals surface area contributed by atoms with Crippen LogP contribution in [0.2, 0.25) is 0 Å². The molecule has 2 aromatic carbocycles. The first-order chi connectivity index (χ1) is 11.7. The molecule has 0 aliphatic rings. The van der Waals surface area contributed by atoms with E-state index in [0.717, 1.165) is 5.56 Å². The van der Waals surface area contributed by atoms with Crippen molar-refractivity contribution in [2.45, 2.75) is 31.6 Å². The molecule has 0 aromatic heterocycles. The van der Waals surface area contributed by atoms with Crippen molar-refractivity contribution >= 4 is 16.0 Å². The van der Waals surface area contributed by atoms with Crippen LogP contribution in [0.25, 0.3) is 0 Å². The van der Waals surface area contributed by atoms with Crippen molar-refractivity contribution in [1.29, 1.82) is 0 Å². The van der Waals surface area contributed by atoms with Gasteiger partial charge in [-0.05, 0) is 36.6 Å². The van der Waals surface area contributed by atoms with Crippen LogP contribution in [0.5, 0.6) is 0 Å². The van der Waals surface area contributed by atoms with Gasteiger partial charge in [0.1, 0.15) is 5.82 Å². The number of rotatable bonds is 8. The number of benzene rings is 2. The summed E-state index contributed by atoms with van der Waals surface area (Å²) in [6.07, 6.45) is -0.122. The van der Waals surface area contributed by atoms with Gasteiger partial charge < -0.3 is 5.11 Å². The van der Waals surface area contributed by atoms with E-state index in [2.05, 4.69) is 4.72 Å². The van der Waals surface area contributed by atoms with Crippen LogP contribution < -0.4 is 4.72 Å². The minimum atomic E-state index is -3.69. The van der Waals surface area contributed by atoms with Crippen molar-refractivity contribution in [2.24, 2.45) is 0 Å². The van der Waals surface area contributed by atoms with Gasteiger partial charge in [0, 0.05) is 12.5 Å². The van der Waals surface area contributed by atoms with Gasteiger partial charge in [-0.2, -0.15) is 0 Å². The Morgan fingerprint density at radius 1 is 1.12 bits per heavy atom. The second-order valence-electron chi connectivity index (χ2n) is 5.90. The number of nitrogens with one attached hydrogen (secondary N) is 1. The molecule has 0 aliphatic heterocycles. The van der Waals surface area contributed by atoms with E-state index in [1.54, 1.807) is 12.1 Å². The third-order valence-electron chi connectivity index (χ3n) is 3.72. The minimum Gasteiger partial charge on any atom is -0.481 e. The second-order valence-corrected chi connectivity index (χ2v) is 7.65. The van der Waals surface area contributed by atoms with Crippen molar-refractivity contribution in [3.8, 4) is 0 Å². The number of halogens is 1. The summed E-state index contributed by atoms with van der Waals surface area (Å²) in [6.45, 7) is 1.91. The normalized spacial score (nSPS) is 12.7. The molecule has 134 valence electrons. The monoisotopic (exact) mass is 365 g/mol. The first-order valence-corrected chi connectivity index (χ1v) is 9.43. The van der Waals surface area contributed by atoms with Gasteiger partial charge in [-0.1, -0.05) is 42.0 Å². The first-order valence-electron chi connectivity index (χ1n) is 7.78. The standard InChI is InChI=1S/C18H20FNO4S/c1-13-2-4-14(5-3-13)12-25(23,24)20-17(10-11-18(21)22)15-6-8-16(19)9-7-15/h2-9,17,20H,10-12H2,1H3,(H,21,22). The summed E-state index contributed by atoms with van der Waals surface area (Å²) in [7, 11) is -3.69. The van der Waals surface area contributed by atoms with E-state index in [-0.39, 0.29) is 18.6 Å². The van der Waals surface area contributed by atoms with E-state index < -0.39 is 27.9 Å². The summed E-state index contributed by atoms with van der Waals surface area (Å²) >= 11 is 0. The summed E-state index contributed by atoms with van der Waals surface area (Å²) < 4.78 is 40.5. The lowest BCUT2D eigenvalue weighted by atomic mass is 10.0. The molecule has 7 heteroatoms. The maximum Gasteiger partial charge on any atom is 0.303 e. The maximum atomic E-state index is 13.1. The number of aliphatic carboxylic acids is 1. The van der Waals surface area contributed by atoms with Gasteiger partial charge in [-0.3, -0.25) is 4.79 Å². The molecule has 0 spiro atoms. The highest BCUT2D eigenvalue weighted by molar-refractivity contribution is 7.88. The minimum absolute atomic E-state index is 0.0775. The molecular formula is C18H20FNO4S. The molecule has 0 amide bonds. The van der Waals surface area contributed by atoms with Crippen molar-refractivity contribution in [3.63, 3.8) is 0 Å². The van der Waals surface area contributed by atoms with Crippen molar-refractivity contribution < 1.29 is 22.7 Å². The Balaban J connectivity index is 2.17. The van der Waals surface area contributed by atoms with Crippen LogP contribution in [-0.2, 0) is 20.6 Å². The zero-order valence-corrected chi connectivity index (χ0v) is 14.6. The summed E-state index contributed by atoms with van der Waals surface area (Å²) in [6, 6.07) is 11.7. The van der Waals surface area contributed by atoms with E-state index in [9.17, 15) is 17.6 Å². The molecule has 2 aromatic rings. The Hall–Kier alpha value is -2.25. The van der Waals surface area contributed by atoms with Gasteiger partial charge in [0.15, 0.2) is 0 Å². The van der Waals surface area contributed by atoms with Crippen LogP contribution in [0.3, 0.4) is 0 Å². The third kappa shape index (κ3) is 6.28. The molecule has 0 radical (unpaired) electrons. The Kier molecular flexibility index (Phi) is 6.27.